The largest absolute Gasteiger partial charge is 0.387 e. The van der Waals surface area contributed by atoms with Crippen molar-refractivity contribution in [1.82, 2.24) is 14.3 Å². The van der Waals surface area contributed by atoms with Crippen LogP contribution in [0.4, 0.5) is 5.82 Å². The monoisotopic (exact) mass is 452 g/mol. The van der Waals surface area contributed by atoms with E-state index in [1.54, 1.807) is 24.4 Å². The zero-order chi connectivity index (χ0) is 22.0. The average Bonchev–Trinajstić information content (AvgIpc) is 3.06. The van der Waals surface area contributed by atoms with E-state index in [-0.39, 0.29) is 23.6 Å². The molecule has 0 bridgehead atoms. The number of carbonyl (C=O) groups is 1. The fraction of sp³-hybridized carbons (Fsp3) is 0.182. The Kier molecular flexibility index (Phi) is 6.17. The number of carbonyl (C=O) groups excluding carboxylic acids is 1. The van der Waals surface area contributed by atoms with E-state index >= 15 is 0 Å². The van der Waals surface area contributed by atoms with Gasteiger partial charge < -0.3 is 10.4 Å². The van der Waals surface area contributed by atoms with Gasteiger partial charge in [-0.1, -0.05) is 60.4 Å². The van der Waals surface area contributed by atoms with Crippen LogP contribution in [-0.4, -0.2) is 42.7 Å². The molecule has 7 nitrogen and oxygen atoms in total. The number of nitrogens with zero attached hydrogens (tertiary/aromatic N) is 3. The average molecular weight is 453 g/mol. The van der Waals surface area contributed by atoms with Crippen LogP contribution in [0.2, 0.25) is 0 Å². The summed E-state index contributed by atoms with van der Waals surface area (Å²) >= 11 is 6.43. The molecule has 0 unspecified atom stereocenters. The zero-order valence-electron chi connectivity index (χ0n) is 16.7. The third-order valence-electron chi connectivity index (χ3n) is 4.88. The van der Waals surface area contributed by atoms with Gasteiger partial charge in [0.15, 0.2) is 0 Å². The number of likely N-dealkylation sites (N-methyl/N-ethyl adjacent to an activating group) is 1. The number of hydrogen-bond donors (Lipinski definition) is 2. The van der Waals surface area contributed by atoms with Crippen LogP contribution in [0.15, 0.2) is 64.4 Å². The topological polar surface area (TPSA) is 86.9 Å². The van der Waals surface area contributed by atoms with E-state index in [2.05, 4.69) is 10.3 Å². The van der Waals surface area contributed by atoms with E-state index in [4.69, 9.17) is 12.2 Å². The molecule has 1 aliphatic rings. The number of pyridine rings is 1. The summed E-state index contributed by atoms with van der Waals surface area (Å²) in [4.78, 5) is 32.3. The number of aliphatic hydroxyl groups is 1. The molecule has 1 aromatic carbocycles. The van der Waals surface area contributed by atoms with Gasteiger partial charge in [0.2, 0.25) is 0 Å². The Balaban J connectivity index is 1.74. The number of nitrogens with one attached hydrogen (secondary N) is 1. The molecular weight excluding hydrogens is 432 g/mol. The van der Waals surface area contributed by atoms with Gasteiger partial charge >= 0.3 is 0 Å². The number of benzene rings is 1. The Bertz CT molecular complexity index is 1240. The number of fused-ring (bicyclic) bond motifs is 1. The Morgan fingerprint density at radius 2 is 1.94 bits per heavy atom. The number of hydrogen-bond acceptors (Lipinski definition) is 7. The Hall–Kier alpha value is -3.01. The van der Waals surface area contributed by atoms with Crippen molar-refractivity contribution < 1.29 is 9.90 Å². The number of anilines is 1. The first-order valence-corrected chi connectivity index (χ1v) is 11.0. The first-order chi connectivity index (χ1) is 15.0. The number of thiocarbonyl (C=S) groups is 1. The number of aromatic nitrogens is 2. The van der Waals surface area contributed by atoms with Crippen LogP contribution in [0.25, 0.3) is 11.7 Å². The molecule has 0 spiro atoms. The molecular formula is C22H20N4O3S2. The molecule has 1 saturated heterocycles. The summed E-state index contributed by atoms with van der Waals surface area (Å²) in [6, 6.07) is 14.5. The van der Waals surface area contributed by atoms with E-state index in [1.807, 2.05) is 37.3 Å². The summed E-state index contributed by atoms with van der Waals surface area (Å²) in [5.74, 6) is 0.0678. The molecule has 1 aliphatic heterocycles. The number of thioether (sulfide) groups is 1. The maximum atomic E-state index is 13.2. The summed E-state index contributed by atoms with van der Waals surface area (Å²) in [7, 11) is 0. The van der Waals surface area contributed by atoms with Crippen molar-refractivity contribution in [2.45, 2.75) is 13.0 Å². The van der Waals surface area contributed by atoms with Crippen molar-refractivity contribution in [3.63, 3.8) is 0 Å². The predicted molar refractivity (Wildman–Crippen MR) is 127 cm³/mol. The second-order valence-corrected chi connectivity index (χ2v) is 8.52. The molecule has 1 fully saturated rings. The third kappa shape index (κ3) is 4.25. The van der Waals surface area contributed by atoms with Gasteiger partial charge in [0, 0.05) is 19.3 Å². The minimum absolute atomic E-state index is 0.149. The highest BCUT2D eigenvalue weighted by Crippen LogP contribution is 2.32. The van der Waals surface area contributed by atoms with Gasteiger partial charge in [0.25, 0.3) is 11.5 Å². The van der Waals surface area contributed by atoms with E-state index < -0.39 is 6.10 Å². The maximum absolute atomic E-state index is 13.2. The molecule has 3 heterocycles. The molecule has 0 aliphatic carbocycles. The highest BCUT2D eigenvalue weighted by atomic mass is 32.2. The summed E-state index contributed by atoms with van der Waals surface area (Å²) in [6.45, 7) is 2.46. The molecule has 9 heteroatoms. The highest BCUT2D eigenvalue weighted by molar-refractivity contribution is 8.26. The van der Waals surface area contributed by atoms with Crippen LogP contribution in [0.3, 0.4) is 0 Å². The second-order valence-electron chi connectivity index (χ2n) is 6.84. The van der Waals surface area contributed by atoms with E-state index in [9.17, 15) is 14.7 Å². The smallest absolute Gasteiger partial charge is 0.267 e. The highest BCUT2D eigenvalue weighted by Gasteiger charge is 2.31. The van der Waals surface area contributed by atoms with Crippen molar-refractivity contribution in [2.24, 2.45) is 0 Å². The van der Waals surface area contributed by atoms with Crippen LogP contribution in [-0.2, 0) is 4.79 Å². The zero-order valence-corrected chi connectivity index (χ0v) is 18.3. The maximum Gasteiger partial charge on any atom is 0.267 e. The molecule has 4 rings (SSSR count). The predicted octanol–water partition coefficient (Wildman–Crippen LogP) is 3.06. The van der Waals surface area contributed by atoms with Gasteiger partial charge in [-0.05, 0) is 30.7 Å². The van der Waals surface area contributed by atoms with Gasteiger partial charge in [-0.25, -0.2) is 4.98 Å². The number of aliphatic hydroxyl groups excluding tert-OH is 1. The molecule has 3 aromatic rings. The Morgan fingerprint density at radius 1 is 1.19 bits per heavy atom. The molecule has 158 valence electrons. The lowest BCUT2D eigenvalue weighted by Gasteiger charge is -2.15. The van der Waals surface area contributed by atoms with Crippen LogP contribution >= 0.6 is 24.0 Å². The minimum Gasteiger partial charge on any atom is -0.387 e. The van der Waals surface area contributed by atoms with Gasteiger partial charge in [-0.2, -0.15) is 0 Å². The van der Waals surface area contributed by atoms with Crippen LogP contribution in [0.1, 0.15) is 24.2 Å². The first kappa shape index (κ1) is 21.2. The van der Waals surface area contributed by atoms with E-state index in [0.29, 0.717) is 27.2 Å². The summed E-state index contributed by atoms with van der Waals surface area (Å²) in [6.07, 6.45) is 2.37. The molecule has 2 aromatic heterocycles. The van der Waals surface area contributed by atoms with Gasteiger partial charge in [0.05, 0.1) is 16.6 Å². The Labute approximate surface area is 188 Å². The fourth-order valence-electron chi connectivity index (χ4n) is 3.26. The summed E-state index contributed by atoms with van der Waals surface area (Å²) < 4.78 is 1.88. The molecule has 1 atom stereocenters. The van der Waals surface area contributed by atoms with Crippen molar-refractivity contribution in [3.05, 3.63) is 81.1 Å². The second kappa shape index (κ2) is 9.01. The molecule has 0 saturated carbocycles. The van der Waals surface area contributed by atoms with Gasteiger partial charge in [0.1, 0.15) is 15.8 Å². The van der Waals surface area contributed by atoms with Crippen LogP contribution < -0.4 is 10.9 Å². The summed E-state index contributed by atoms with van der Waals surface area (Å²) in [5.41, 5.74) is 1.13. The summed E-state index contributed by atoms with van der Waals surface area (Å²) in [5, 5.41) is 13.6. The molecule has 0 radical (unpaired) electrons. The molecule has 31 heavy (non-hydrogen) atoms. The van der Waals surface area contributed by atoms with Crippen LogP contribution in [0.5, 0.6) is 0 Å². The minimum atomic E-state index is -0.789. The van der Waals surface area contributed by atoms with Crippen molar-refractivity contribution >= 4 is 51.7 Å². The lowest BCUT2D eigenvalue weighted by atomic mass is 10.1. The van der Waals surface area contributed by atoms with Crippen LogP contribution in [0, 0.1) is 0 Å². The van der Waals surface area contributed by atoms with E-state index in [1.165, 1.54) is 15.4 Å². The molecule has 2 N–H and O–H groups in total. The standard InChI is InChI=1S/C22H20N4O3S2/c1-2-25-21(29)17(31-22(25)30)12-15-19(23-13-16(27)14-8-4-3-5-9-14)24-18-10-6-7-11-26(18)20(15)28/h3-12,16,23,27H,2,13H2,1H3/b17-12-/t16-/m0/s1. The lowest BCUT2D eigenvalue weighted by molar-refractivity contribution is -0.121. The van der Waals surface area contributed by atoms with Crippen molar-refractivity contribution in [1.29, 1.82) is 0 Å². The van der Waals surface area contributed by atoms with Crippen molar-refractivity contribution in [2.75, 3.05) is 18.4 Å². The van der Waals surface area contributed by atoms with E-state index in [0.717, 1.165) is 17.3 Å². The normalized spacial score (nSPS) is 16.3. The lowest BCUT2D eigenvalue weighted by Crippen LogP contribution is -2.27. The SMILES string of the molecule is CCN1C(=O)/C(=C/c2c(NC[C@H](O)c3ccccc3)nc3ccccn3c2=O)SC1=S. The number of amides is 1. The van der Waals surface area contributed by atoms with Gasteiger partial charge in [-0.3, -0.25) is 18.9 Å². The molecule has 1 amide bonds. The fourth-order valence-corrected chi connectivity index (χ4v) is 4.62. The Morgan fingerprint density at radius 3 is 2.65 bits per heavy atom. The third-order valence-corrected chi connectivity index (χ3v) is 6.26. The van der Waals surface area contributed by atoms with Gasteiger partial charge in [-0.15, -0.1) is 0 Å². The quantitative estimate of drug-likeness (QED) is 0.439. The first-order valence-electron chi connectivity index (χ1n) is 9.73. The number of rotatable bonds is 6. The van der Waals surface area contributed by atoms with Crippen molar-refractivity contribution in [3.8, 4) is 0 Å².